The maximum Gasteiger partial charge on any atom is 0.236 e. The van der Waals surface area contributed by atoms with Crippen molar-refractivity contribution in [3.63, 3.8) is 0 Å². The van der Waals surface area contributed by atoms with Crippen LogP contribution >= 0.6 is 11.6 Å². The lowest BCUT2D eigenvalue weighted by atomic mass is 10.2. The van der Waals surface area contributed by atoms with Crippen molar-refractivity contribution in [3.8, 4) is 5.75 Å². The molecular formula is C21H25ClFN3O2. The van der Waals surface area contributed by atoms with Gasteiger partial charge in [0.2, 0.25) is 5.91 Å². The average Bonchev–Trinajstić information content (AvgIpc) is 2.70. The Hall–Kier alpha value is -2.31. The molecule has 1 aliphatic heterocycles. The second-order valence-electron chi connectivity index (χ2n) is 6.88. The van der Waals surface area contributed by atoms with Crippen LogP contribution in [0.1, 0.15) is 0 Å². The number of piperazine rings is 1. The maximum absolute atomic E-state index is 13.1. The van der Waals surface area contributed by atoms with E-state index in [0.717, 1.165) is 24.5 Å². The molecule has 0 aromatic heterocycles. The fraction of sp³-hybridized carbons (Fsp3) is 0.381. The van der Waals surface area contributed by atoms with Gasteiger partial charge in [0.1, 0.15) is 18.2 Å². The zero-order valence-electron chi connectivity index (χ0n) is 16.0. The third-order valence-corrected chi connectivity index (χ3v) is 5.04. The van der Waals surface area contributed by atoms with Crippen LogP contribution < -0.4 is 9.64 Å². The van der Waals surface area contributed by atoms with Gasteiger partial charge in [-0.1, -0.05) is 11.6 Å². The summed E-state index contributed by atoms with van der Waals surface area (Å²) in [5.41, 5.74) is 0.991. The van der Waals surface area contributed by atoms with E-state index < -0.39 is 0 Å². The van der Waals surface area contributed by atoms with Crippen LogP contribution in [0.5, 0.6) is 5.75 Å². The minimum absolute atomic E-state index is 0.118. The number of hydrogen-bond donors (Lipinski definition) is 0. The van der Waals surface area contributed by atoms with Crippen LogP contribution in [0.2, 0.25) is 5.02 Å². The van der Waals surface area contributed by atoms with Crippen molar-refractivity contribution in [3.05, 3.63) is 59.4 Å². The third kappa shape index (κ3) is 5.84. The normalized spacial score (nSPS) is 14.4. The molecule has 3 rings (SSSR count). The number of ether oxygens (including phenoxy) is 1. The minimum Gasteiger partial charge on any atom is -0.492 e. The first-order valence-corrected chi connectivity index (χ1v) is 9.74. The van der Waals surface area contributed by atoms with Crippen molar-refractivity contribution in [2.45, 2.75) is 0 Å². The number of hydrogen-bond acceptors (Lipinski definition) is 4. The summed E-state index contributed by atoms with van der Waals surface area (Å²) in [4.78, 5) is 18.5. The molecule has 0 spiro atoms. The minimum atomic E-state index is -0.236. The van der Waals surface area contributed by atoms with Crippen molar-refractivity contribution in [2.75, 3.05) is 57.8 Å². The van der Waals surface area contributed by atoms with Gasteiger partial charge in [0.15, 0.2) is 0 Å². The molecule has 0 N–H and O–H groups in total. The van der Waals surface area contributed by atoms with Crippen LogP contribution in [-0.4, -0.2) is 68.6 Å². The zero-order chi connectivity index (χ0) is 19.9. The van der Waals surface area contributed by atoms with E-state index in [1.807, 2.05) is 29.0 Å². The number of rotatable bonds is 7. The van der Waals surface area contributed by atoms with Gasteiger partial charge in [-0.25, -0.2) is 4.39 Å². The lowest BCUT2D eigenvalue weighted by Crippen LogP contribution is -2.51. The van der Waals surface area contributed by atoms with Crippen LogP contribution in [0.4, 0.5) is 10.1 Å². The first kappa shape index (κ1) is 20.4. The van der Waals surface area contributed by atoms with Crippen LogP contribution in [0, 0.1) is 5.82 Å². The Kier molecular flexibility index (Phi) is 7.12. The van der Waals surface area contributed by atoms with E-state index >= 15 is 0 Å². The van der Waals surface area contributed by atoms with E-state index in [-0.39, 0.29) is 11.7 Å². The van der Waals surface area contributed by atoms with E-state index in [2.05, 4.69) is 4.90 Å². The summed E-state index contributed by atoms with van der Waals surface area (Å²) < 4.78 is 18.7. The highest BCUT2D eigenvalue weighted by Crippen LogP contribution is 2.17. The quantitative estimate of drug-likeness (QED) is 0.709. The summed E-state index contributed by atoms with van der Waals surface area (Å²) in [5.74, 6) is 0.648. The molecule has 0 aliphatic carbocycles. The average molecular weight is 406 g/mol. The molecule has 1 heterocycles. The Balaban J connectivity index is 1.37. The van der Waals surface area contributed by atoms with Gasteiger partial charge in [-0.05, 0) is 55.6 Å². The molecule has 150 valence electrons. The molecule has 0 atom stereocenters. The molecule has 0 bridgehead atoms. The summed E-state index contributed by atoms with van der Waals surface area (Å²) in [7, 11) is 1.91. The highest BCUT2D eigenvalue weighted by molar-refractivity contribution is 6.30. The molecule has 1 saturated heterocycles. The topological polar surface area (TPSA) is 36.0 Å². The highest BCUT2D eigenvalue weighted by Gasteiger charge is 2.22. The van der Waals surface area contributed by atoms with Crippen molar-refractivity contribution in [2.24, 2.45) is 0 Å². The highest BCUT2D eigenvalue weighted by atomic mass is 35.5. The summed E-state index contributed by atoms with van der Waals surface area (Å²) in [6.45, 7) is 4.37. The Labute approximate surface area is 170 Å². The Bertz CT molecular complexity index is 762. The summed E-state index contributed by atoms with van der Waals surface area (Å²) in [6.07, 6.45) is 0. The summed E-state index contributed by atoms with van der Waals surface area (Å²) in [6, 6.07) is 13.7. The molecule has 5 nitrogen and oxygen atoms in total. The third-order valence-electron chi connectivity index (χ3n) is 4.78. The standard InChI is InChI=1S/C21H25ClFN3O2/c1-24(14-15-28-20-8-2-17(22)3-9-20)16-21(27)26-12-10-25(11-13-26)19-6-4-18(23)5-7-19/h2-9H,10-16H2,1H3. The number of benzene rings is 2. The molecule has 0 saturated carbocycles. The largest absolute Gasteiger partial charge is 0.492 e. The Morgan fingerprint density at radius 1 is 1.07 bits per heavy atom. The summed E-state index contributed by atoms with van der Waals surface area (Å²) >= 11 is 5.85. The molecule has 2 aromatic rings. The maximum atomic E-state index is 13.1. The molecule has 1 aliphatic rings. The van der Waals surface area contributed by atoms with Crippen molar-refractivity contribution >= 4 is 23.2 Å². The van der Waals surface area contributed by atoms with E-state index in [1.54, 1.807) is 24.3 Å². The van der Waals surface area contributed by atoms with E-state index in [4.69, 9.17) is 16.3 Å². The fourth-order valence-corrected chi connectivity index (χ4v) is 3.25. The number of amides is 1. The molecule has 0 unspecified atom stereocenters. The molecule has 7 heteroatoms. The van der Waals surface area contributed by atoms with E-state index in [1.165, 1.54) is 12.1 Å². The van der Waals surface area contributed by atoms with Crippen LogP contribution in [-0.2, 0) is 4.79 Å². The van der Waals surface area contributed by atoms with Crippen molar-refractivity contribution in [1.29, 1.82) is 0 Å². The van der Waals surface area contributed by atoms with Gasteiger partial charge >= 0.3 is 0 Å². The lowest BCUT2D eigenvalue weighted by molar-refractivity contribution is -0.132. The first-order chi connectivity index (χ1) is 13.5. The van der Waals surface area contributed by atoms with Gasteiger partial charge in [-0.15, -0.1) is 0 Å². The fourth-order valence-electron chi connectivity index (χ4n) is 3.13. The van der Waals surface area contributed by atoms with Gasteiger partial charge in [0.05, 0.1) is 6.54 Å². The molecular weight excluding hydrogens is 381 g/mol. The van der Waals surface area contributed by atoms with Gasteiger partial charge in [-0.2, -0.15) is 0 Å². The number of anilines is 1. The van der Waals surface area contributed by atoms with Gasteiger partial charge in [0, 0.05) is 43.4 Å². The van der Waals surface area contributed by atoms with E-state index in [9.17, 15) is 9.18 Å². The SMILES string of the molecule is CN(CCOc1ccc(Cl)cc1)CC(=O)N1CCN(c2ccc(F)cc2)CC1. The molecule has 1 amide bonds. The Morgan fingerprint density at radius 2 is 1.71 bits per heavy atom. The van der Waals surface area contributed by atoms with Crippen LogP contribution in [0.3, 0.4) is 0 Å². The second kappa shape index (κ2) is 9.75. The zero-order valence-corrected chi connectivity index (χ0v) is 16.7. The van der Waals surface area contributed by atoms with Gasteiger partial charge in [-0.3, -0.25) is 9.69 Å². The van der Waals surface area contributed by atoms with Gasteiger partial charge < -0.3 is 14.5 Å². The number of likely N-dealkylation sites (N-methyl/N-ethyl adjacent to an activating group) is 1. The summed E-state index contributed by atoms with van der Waals surface area (Å²) in [5, 5.41) is 0.676. The predicted octanol–water partition coefficient (Wildman–Crippen LogP) is 3.14. The van der Waals surface area contributed by atoms with Crippen LogP contribution in [0.25, 0.3) is 0 Å². The molecule has 2 aromatic carbocycles. The van der Waals surface area contributed by atoms with Crippen molar-refractivity contribution < 1.29 is 13.9 Å². The number of nitrogens with zero attached hydrogens (tertiary/aromatic N) is 3. The molecule has 28 heavy (non-hydrogen) atoms. The Morgan fingerprint density at radius 3 is 2.36 bits per heavy atom. The van der Waals surface area contributed by atoms with Gasteiger partial charge in [0.25, 0.3) is 0 Å². The monoisotopic (exact) mass is 405 g/mol. The lowest BCUT2D eigenvalue weighted by Gasteiger charge is -2.36. The number of carbonyl (C=O) groups is 1. The van der Waals surface area contributed by atoms with Crippen molar-refractivity contribution in [1.82, 2.24) is 9.80 Å². The second-order valence-corrected chi connectivity index (χ2v) is 7.32. The molecule has 0 radical (unpaired) electrons. The first-order valence-electron chi connectivity index (χ1n) is 9.36. The molecule has 1 fully saturated rings. The smallest absolute Gasteiger partial charge is 0.236 e. The predicted molar refractivity (Wildman–Crippen MR) is 110 cm³/mol. The van der Waals surface area contributed by atoms with E-state index in [0.29, 0.717) is 37.8 Å². The number of halogens is 2. The number of carbonyl (C=O) groups excluding carboxylic acids is 1. The van der Waals surface area contributed by atoms with Crippen LogP contribution in [0.15, 0.2) is 48.5 Å².